The van der Waals surface area contributed by atoms with Crippen LogP contribution in [-0.2, 0) is 14.8 Å². The SMILES string of the molecule is COc1cccc(S(=O)(=O)N2CCC[C@H]2C(=O)[O-])c1. The second kappa shape index (κ2) is 5.18. The van der Waals surface area contributed by atoms with E-state index in [9.17, 15) is 18.3 Å². The smallest absolute Gasteiger partial charge is 0.243 e. The second-order valence-electron chi connectivity index (χ2n) is 4.27. The molecular weight excluding hydrogens is 270 g/mol. The van der Waals surface area contributed by atoms with Crippen LogP contribution in [0.5, 0.6) is 5.75 Å². The lowest BCUT2D eigenvalue weighted by molar-refractivity contribution is -0.309. The number of carboxylic acids is 1. The van der Waals surface area contributed by atoms with Gasteiger partial charge in [-0.15, -0.1) is 0 Å². The average Bonchev–Trinajstić information content (AvgIpc) is 2.89. The van der Waals surface area contributed by atoms with E-state index < -0.39 is 22.0 Å². The fourth-order valence-corrected chi connectivity index (χ4v) is 3.84. The monoisotopic (exact) mass is 284 g/mol. The van der Waals surface area contributed by atoms with E-state index in [1.54, 1.807) is 12.1 Å². The Bertz CT molecular complexity index is 584. The maximum Gasteiger partial charge on any atom is 0.243 e. The highest BCUT2D eigenvalue weighted by Gasteiger charge is 2.36. The van der Waals surface area contributed by atoms with Crippen LogP contribution in [0.15, 0.2) is 29.2 Å². The van der Waals surface area contributed by atoms with Crippen molar-refractivity contribution in [3.63, 3.8) is 0 Å². The molecule has 1 aromatic carbocycles. The van der Waals surface area contributed by atoms with Gasteiger partial charge in [0.15, 0.2) is 0 Å². The molecule has 1 saturated heterocycles. The van der Waals surface area contributed by atoms with Gasteiger partial charge in [-0.25, -0.2) is 8.42 Å². The van der Waals surface area contributed by atoms with Crippen LogP contribution in [0.1, 0.15) is 12.8 Å². The quantitative estimate of drug-likeness (QED) is 0.750. The fraction of sp³-hybridized carbons (Fsp3) is 0.417. The number of rotatable bonds is 4. The van der Waals surface area contributed by atoms with Crippen molar-refractivity contribution in [2.75, 3.05) is 13.7 Å². The molecule has 0 aliphatic carbocycles. The van der Waals surface area contributed by atoms with Gasteiger partial charge in [0.2, 0.25) is 10.0 Å². The van der Waals surface area contributed by atoms with Crippen LogP contribution >= 0.6 is 0 Å². The van der Waals surface area contributed by atoms with Gasteiger partial charge < -0.3 is 14.6 Å². The average molecular weight is 284 g/mol. The molecular formula is C12H14NO5S-. The minimum absolute atomic E-state index is 0.0278. The molecule has 1 heterocycles. The summed E-state index contributed by atoms with van der Waals surface area (Å²) in [7, 11) is -2.40. The Labute approximate surface area is 111 Å². The van der Waals surface area contributed by atoms with Gasteiger partial charge in [-0.2, -0.15) is 4.31 Å². The van der Waals surface area contributed by atoms with E-state index >= 15 is 0 Å². The maximum atomic E-state index is 12.4. The van der Waals surface area contributed by atoms with Crippen LogP contribution in [0.25, 0.3) is 0 Å². The van der Waals surface area contributed by atoms with Crippen LogP contribution in [0.3, 0.4) is 0 Å². The zero-order chi connectivity index (χ0) is 14.0. The Morgan fingerprint density at radius 2 is 2.21 bits per heavy atom. The minimum atomic E-state index is -3.83. The molecule has 1 aliphatic rings. The molecule has 1 aromatic rings. The Morgan fingerprint density at radius 1 is 1.47 bits per heavy atom. The lowest BCUT2D eigenvalue weighted by atomic mass is 10.2. The number of carbonyl (C=O) groups excluding carboxylic acids is 1. The number of methoxy groups -OCH3 is 1. The summed E-state index contributed by atoms with van der Waals surface area (Å²) in [5.74, 6) is -0.950. The first-order valence-electron chi connectivity index (χ1n) is 5.83. The highest BCUT2D eigenvalue weighted by molar-refractivity contribution is 7.89. The Kier molecular flexibility index (Phi) is 3.77. The van der Waals surface area contributed by atoms with Gasteiger partial charge in [0.05, 0.1) is 24.0 Å². The van der Waals surface area contributed by atoms with Crippen LogP contribution in [0.2, 0.25) is 0 Å². The first-order valence-corrected chi connectivity index (χ1v) is 7.27. The van der Waals surface area contributed by atoms with E-state index in [-0.39, 0.29) is 17.9 Å². The molecule has 6 nitrogen and oxygen atoms in total. The summed E-state index contributed by atoms with van der Waals surface area (Å²) >= 11 is 0. The number of carbonyl (C=O) groups is 1. The number of ether oxygens (including phenoxy) is 1. The molecule has 0 spiro atoms. The molecule has 1 fully saturated rings. The molecule has 1 aliphatic heterocycles. The van der Waals surface area contributed by atoms with E-state index in [1.807, 2.05) is 0 Å². The zero-order valence-electron chi connectivity index (χ0n) is 10.4. The van der Waals surface area contributed by atoms with Crippen molar-refractivity contribution >= 4 is 16.0 Å². The highest BCUT2D eigenvalue weighted by Crippen LogP contribution is 2.27. The van der Waals surface area contributed by atoms with E-state index in [4.69, 9.17) is 4.74 Å². The summed E-state index contributed by atoms with van der Waals surface area (Å²) in [5, 5.41) is 11.0. The van der Waals surface area contributed by atoms with Crippen molar-refractivity contribution < 1.29 is 23.1 Å². The van der Waals surface area contributed by atoms with Gasteiger partial charge in [-0.1, -0.05) is 6.07 Å². The van der Waals surface area contributed by atoms with Gasteiger partial charge in [0.25, 0.3) is 0 Å². The predicted molar refractivity (Wildman–Crippen MR) is 64.9 cm³/mol. The number of sulfonamides is 1. The van der Waals surface area contributed by atoms with Crippen molar-refractivity contribution in [1.29, 1.82) is 0 Å². The van der Waals surface area contributed by atoms with Gasteiger partial charge in [-0.3, -0.25) is 0 Å². The lowest BCUT2D eigenvalue weighted by Gasteiger charge is -2.24. The van der Waals surface area contributed by atoms with Gasteiger partial charge in [0.1, 0.15) is 5.75 Å². The van der Waals surface area contributed by atoms with Crippen molar-refractivity contribution in [2.24, 2.45) is 0 Å². The van der Waals surface area contributed by atoms with Crippen molar-refractivity contribution in [1.82, 2.24) is 4.31 Å². The zero-order valence-corrected chi connectivity index (χ0v) is 11.2. The molecule has 0 unspecified atom stereocenters. The Hall–Kier alpha value is -1.60. The first-order chi connectivity index (χ1) is 8.96. The number of nitrogens with zero attached hydrogens (tertiary/aromatic N) is 1. The Morgan fingerprint density at radius 3 is 2.84 bits per heavy atom. The number of benzene rings is 1. The van der Waals surface area contributed by atoms with Crippen LogP contribution in [0.4, 0.5) is 0 Å². The minimum Gasteiger partial charge on any atom is -0.548 e. The van der Waals surface area contributed by atoms with Crippen molar-refractivity contribution in [3.05, 3.63) is 24.3 Å². The molecule has 0 amide bonds. The summed E-state index contributed by atoms with van der Waals surface area (Å²) in [4.78, 5) is 11.0. The van der Waals surface area contributed by atoms with Crippen LogP contribution in [0, 0.1) is 0 Å². The molecule has 0 N–H and O–H groups in total. The molecule has 0 aromatic heterocycles. The van der Waals surface area contributed by atoms with Crippen LogP contribution in [-0.4, -0.2) is 38.4 Å². The summed E-state index contributed by atoms with van der Waals surface area (Å²) in [6, 6.07) is 4.88. The lowest BCUT2D eigenvalue weighted by Crippen LogP contribution is -2.46. The molecule has 19 heavy (non-hydrogen) atoms. The standard InChI is InChI=1S/C12H15NO5S/c1-18-9-4-2-5-10(8-9)19(16,17)13-7-3-6-11(13)12(14)15/h2,4-5,8,11H,3,6-7H2,1H3,(H,14,15)/p-1/t11-/m0/s1. The summed E-state index contributed by atoms with van der Waals surface area (Å²) in [6.07, 6.45) is 0.799. The third-order valence-electron chi connectivity index (χ3n) is 3.12. The molecule has 0 saturated carbocycles. The third-order valence-corrected chi connectivity index (χ3v) is 5.03. The molecule has 7 heteroatoms. The van der Waals surface area contributed by atoms with Gasteiger partial charge >= 0.3 is 0 Å². The number of hydrogen-bond acceptors (Lipinski definition) is 5. The third kappa shape index (κ3) is 2.57. The van der Waals surface area contributed by atoms with Gasteiger partial charge in [-0.05, 0) is 25.0 Å². The highest BCUT2D eigenvalue weighted by atomic mass is 32.2. The second-order valence-corrected chi connectivity index (χ2v) is 6.16. The molecule has 2 rings (SSSR count). The van der Waals surface area contributed by atoms with Crippen molar-refractivity contribution in [2.45, 2.75) is 23.8 Å². The fourth-order valence-electron chi connectivity index (χ4n) is 2.16. The first kappa shape index (κ1) is 13.8. The topological polar surface area (TPSA) is 86.7 Å². The van der Waals surface area contributed by atoms with E-state index in [0.717, 1.165) is 4.31 Å². The number of aliphatic carboxylic acids is 1. The normalized spacial score (nSPS) is 20.4. The molecule has 1 atom stereocenters. The summed E-state index contributed by atoms with van der Waals surface area (Å²) < 4.78 is 30.8. The summed E-state index contributed by atoms with van der Waals surface area (Å²) in [6.45, 7) is 0.193. The number of carboxylic acid groups (broad SMARTS) is 1. The van der Waals surface area contributed by atoms with E-state index in [0.29, 0.717) is 12.2 Å². The number of hydrogen-bond donors (Lipinski definition) is 0. The maximum absolute atomic E-state index is 12.4. The largest absolute Gasteiger partial charge is 0.548 e. The van der Waals surface area contributed by atoms with Crippen LogP contribution < -0.4 is 9.84 Å². The molecule has 104 valence electrons. The van der Waals surface area contributed by atoms with Gasteiger partial charge in [0, 0.05) is 12.6 Å². The van der Waals surface area contributed by atoms with E-state index in [1.165, 1.54) is 19.2 Å². The molecule has 0 radical (unpaired) electrons. The van der Waals surface area contributed by atoms with Crippen molar-refractivity contribution in [3.8, 4) is 5.75 Å². The summed E-state index contributed by atoms with van der Waals surface area (Å²) in [5.41, 5.74) is 0. The Balaban J connectivity index is 2.38. The predicted octanol–water partition coefficient (Wildman–Crippen LogP) is -0.402. The van der Waals surface area contributed by atoms with E-state index in [2.05, 4.69) is 0 Å². The molecule has 0 bridgehead atoms.